The fourth-order valence-electron chi connectivity index (χ4n) is 5.16. The van der Waals surface area contributed by atoms with Crippen molar-refractivity contribution in [1.82, 2.24) is 19.7 Å². The lowest BCUT2D eigenvalue weighted by atomic mass is 9.87. The normalized spacial score (nSPS) is 30.3. The Morgan fingerprint density at radius 3 is 2.96 bits per heavy atom. The summed E-state index contributed by atoms with van der Waals surface area (Å²) in [5, 5.41) is 10.2. The maximum atomic E-state index is 12.6. The number of fused-ring (bicyclic) bond motifs is 2. The largest absolute Gasteiger partial charge is 0.324 e. The summed E-state index contributed by atoms with van der Waals surface area (Å²) in [7, 11) is 1.93. The molecule has 6 nitrogen and oxygen atoms in total. The zero-order valence-corrected chi connectivity index (χ0v) is 15.9. The van der Waals surface area contributed by atoms with E-state index in [4.69, 9.17) is 4.98 Å². The molecule has 7 heteroatoms. The number of aromatic nitrogens is 3. The minimum Gasteiger partial charge on any atom is -0.324 e. The number of rotatable bonds is 3. The van der Waals surface area contributed by atoms with E-state index in [1.165, 1.54) is 36.9 Å². The van der Waals surface area contributed by atoms with Crippen molar-refractivity contribution < 1.29 is 4.79 Å². The number of anilines is 1. The quantitative estimate of drug-likeness (QED) is 0.892. The Labute approximate surface area is 157 Å². The van der Waals surface area contributed by atoms with Gasteiger partial charge in [0.05, 0.1) is 11.9 Å². The maximum Gasteiger partial charge on any atom is 0.323 e. The molecule has 3 aliphatic rings. The van der Waals surface area contributed by atoms with E-state index >= 15 is 0 Å². The van der Waals surface area contributed by atoms with Crippen LogP contribution in [-0.4, -0.2) is 38.8 Å². The number of nitrogens with zero attached hydrogens (tertiary/aromatic N) is 4. The van der Waals surface area contributed by atoms with E-state index < -0.39 is 0 Å². The van der Waals surface area contributed by atoms with Gasteiger partial charge in [0.1, 0.15) is 0 Å². The monoisotopic (exact) mass is 371 g/mol. The second-order valence-electron chi connectivity index (χ2n) is 8.17. The van der Waals surface area contributed by atoms with Crippen molar-refractivity contribution in [2.24, 2.45) is 18.9 Å². The van der Waals surface area contributed by atoms with E-state index in [2.05, 4.69) is 22.0 Å². The third kappa shape index (κ3) is 2.92. The molecule has 1 aliphatic heterocycles. The highest BCUT2D eigenvalue weighted by atomic mass is 32.1. The van der Waals surface area contributed by atoms with Crippen LogP contribution in [0.1, 0.15) is 55.2 Å². The maximum absolute atomic E-state index is 12.6. The summed E-state index contributed by atoms with van der Waals surface area (Å²) < 4.78 is 1.82. The number of hydrogen-bond donors (Lipinski definition) is 1. The van der Waals surface area contributed by atoms with Gasteiger partial charge in [0.2, 0.25) is 0 Å². The summed E-state index contributed by atoms with van der Waals surface area (Å²) in [5.74, 6) is 2.75. The summed E-state index contributed by atoms with van der Waals surface area (Å²) in [6.07, 6.45) is 10.4. The van der Waals surface area contributed by atoms with E-state index in [9.17, 15) is 4.79 Å². The lowest BCUT2D eigenvalue weighted by Gasteiger charge is -2.19. The van der Waals surface area contributed by atoms with Crippen molar-refractivity contribution >= 4 is 22.5 Å². The van der Waals surface area contributed by atoms with Crippen LogP contribution >= 0.6 is 11.3 Å². The number of hydrogen-bond acceptors (Lipinski definition) is 4. The highest BCUT2D eigenvalue weighted by Gasteiger charge is 2.41. The number of amides is 2. The number of nitrogens with one attached hydrogen (secondary N) is 1. The van der Waals surface area contributed by atoms with Crippen LogP contribution in [0.5, 0.6) is 0 Å². The molecule has 2 aromatic rings. The predicted octanol–water partition coefficient (Wildman–Crippen LogP) is 3.80. The lowest BCUT2D eigenvalue weighted by Crippen LogP contribution is -2.32. The van der Waals surface area contributed by atoms with E-state index in [0.717, 1.165) is 36.5 Å². The lowest BCUT2D eigenvalue weighted by molar-refractivity contribution is 0.222. The number of aryl methyl sites for hydroxylation is 1. The van der Waals surface area contributed by atoms with Gasteiger partial charge in [-0.3, -0.25) is 10.00 Å². The molecule has 26 heavy (non-hydrogen) atoms. The van der Waals surface area contributed by atoms with Crippen LogP contribution in [0.3, 0.4) is 0 Å². The molecule has 1 saturated heterocycles. The van der Waals surface area contributed by atoms with Crippen LogP contribution in [0.25, 0.3) is 0 Å². The van der Waals surface area contributed by atoms with Gasteiger partial charge in [0, 0.05) is 43.5 Å². The first-order valence-electron chi connectivity index (χ1n) is 9.65. The number of carbonyl (C=O) groups excluding carboxylic acids is 1. The summed E-state index contributed by atoms with van der Waals surface area (Å²) in [4.78, 5) is 19.3. The Morgan fingerprint density at radius 1 is 1.31 bits per heavy atom. The molecule has 0 radical (unpaired) electrons. The Bertz CT molecular complexity index is 814. The zero-order valence-electron chi connectivity index (χ0n) is 15.1. The third-order valence-electron chi connectivity index (χ3n) is 6.53. The SMILES string of the molecule is Cn1cc(C2CCN(C(=O)Nc3nc(C4CC5CCC4C5)cs3)C2)cn1. The van der Waals surface area contributed by atoms with Crippen molar-refractivity contribution in [2.45, 2.75) is 43.9 Å². The fraction of sp³-hybridized carbons (Fsp3) is 0.632. The average Bonchev–Trinajstić information content (AvgIpc) is 3.42. The van der Waals surface area contributed by atoms with Crippen molar-refractivity contribution in [3.63, 3.8) is 0 Å². The Balaban J connectivity index is 1.20. The first-order valence-corrected chi connectivity index (χ1v) is 10.5. The van der Waals surface area contributed by atoms with Crippen LogP contribution in [-0.2, 0) is 7.05 Å². The van der Waals surface area contributed by atoms with Gasteiger partial charge in [-0.2, -0.15) is 5.10 Å². The van der Waals surface area contributed by atoms with Crippen LogP contribution in [0.15, 0.2) is 17.8 Å². The Morgan fingerprint density at radius 2 is 2.23 bits per heavy atom. The summed E-state index contributed by atoms with van der Waals surface area (Å²) in [6, 6.07) is -0.0229. The van der Waals surface area contributed by atoms with Gasteiger partial charge >= 0.3 is 6.03 Å². The second-order valence-corrected chi connectivity index (χ2v) is 9.03. The number of urea groups is 1. The van der Waals surface area contributed by atoms with Gasteiger partial charge in [-0.1, -0.05) is 6.42 Å². The topological polar surface area (TPSA) is 63.1 Å². The number of likely N-dealkylation sites (tertiary alicyclic amines) is 1. The zero-order chi connectivity index (χ0) is 17.7. The highest BCUT2D eigenvalue weighted by molar-refractivity contribution is 7.13. The van der Waals surface area contributed by atoms with Crippen molar-refractivity contribution in [1.29, 1.82) is 0 Å². The first-order chi connectivity index (χ1) is 12.7. The molecular formula is C19H25N5OS. The molecule has 3 fully saturated rings. The van der Waals surface area contributed by atoms with Crippen molar-refractivity contribution in [3.05, 3.63) is 29.0 Å². The smallest absolute Gasteiger partial charge is 0.323 e. The fourth-order valence-corrected chi connectivity index (χ4v) is 5.92. The van der Waals surface area contributed by atoms with Gasteiger partial charge < -0.3 is 4.90 Å². The standard InChI is InChI=1S/C19H25N5OS/c1-23-9-15(8-20-23)14-4-5-24(10-14)19(25)22-18-21-17(11-26-18)16-7-12-2-3-13(16)6-12/h8-9,11-14,16H,2-7,10H2,1H3,(H,21,22,25). The molecule has 4 unspecified atom stereocenters. The van der Waals surface area contributed by atoms with Gasteiger partial charge in [-0.05, 0) is 43.1 Å². The molecule has 0 aromatic carbocycles. The molecular weight excluding hydrogens is 346 g/mol. The van der Waals surface area contributed by atoms with E-state index in [-0.39, 0.29) is 6.03 Å². The van der Waals surface area contributed by atoms with Crippen LogP contribution < -0.4 is 5.32 Å². The molecule has 2 aliphatic carbocycles. The van der Waals surface area contributed by atoms with E-state index in [0.29, 0.717) is 11.8 Å². The number of thiazole rings is 1. The molecule has 2 amide bonds. The van der Waals surface area contributed by atoms with Crippen molar-refractivity contribution in [3.8, 4) is 0 Å². The van der Waals surface area contributed by atoms with E-state index in [1.807, 2.05) is 22.8 Å². The van der Waals surface area contributed by atoms with Gasteiger partial charge in [0.15, 0.2) is 5.13 Å². The summed E-state index contributed by atoms with van der Waals surface area (Å²) in [6.45, 7) is 1.54. The van der Waals surface area contributed by atoms with Crippen molar-refractivity contribution in [2.75, 3.05) is 18.4 Å². The van der Waals surface area contributed by atoms with Crippen LogP contribution in [0.2, 0.25) is 0 Å². The molecule has 2 bridgehead atoms. The third-order valence-corrected chi connectivity index (χ3v) is 7.30. The molecule has 5 rings (SSSR count). The average molecular weight is 372 g/mol. The Hall–Kier alpha value is -1.89. The van der Waals surface area contributed by atoms with Gasteiger partial charge in [0.25, 0.3) is 0 Å². The Kier molecular flexibility index (Phi) is 3.99. The predicted molar refractivity (Wildman–Crippen MR) is 101 cm³/mol. The van der Waals surface area contributed by atoms with E-state index in [1.54, 1.807) is 11.3 Å². The molecule has 1 N–H and O–H groups in total. The van der Waals surface area contributed by atoms with Crippen LogP contribution in [0, 0.1) is 11.8 Å². The molecule has 2 saturated carbocycles. The molecule has 138 valence electrons. The first kappa shape index (κ1) is 16.3. The minimum atomic E-state index is -0.0229. The molecule has 2 aromatic heterocycles. The van der Waals surface area contributed by atoms with Crippen LogP contribution in [0.4, 0.5) is 9.93 Å². The molecule has 0 spiro atoms. The summed E-state index contributed by atoms with van der Waals surface area (Å²) in [5.41, 5.74) is 2.42. The highest BCUT2D eigenvalue weighted by Crippen LogP contribution is 2.53. The van der Waals surface area contributed by atoms with Gasteiger partial charge in [-0.25, -0.2) is 9.78 Å². The molecule has 3 heterocycles. The number of carbonyl (C=O) groups is 1. The van der Waals surface area contributed by atoms with Gasteiger partial charge in [-0.15, -0.1) is 11.3 Å². The molecule has 4 atom stereocenters. The second kappa shape index (κ2) is 6.37. The minimum absolute atomic E-state index is 0.0229. The summed E-state index contributed by atoms with van der Waals surface area (Å²) >= 11 is 1.57.